The number of thioether (sulfide) groups is 1. The molecule has 0 aliphatic rings. The Morgan fingerprint density at radius 1 is 1.20 bits per heavy atom. The average molecular weight is 461 g/mol. The van der Waals surface area contributed by atoms with Crippen LogP contribution >= 0.6 is 35.0 Å². The minimum Gasteiger partial charge on any atom is -0.349 e. The molecule has 1 N–H and O–H groups in total. The molecule has 1 aromatic heterocycles. The van der Waals surface area contributed by atoms with Crippen LogP contribution in [0.4, 0.5) is 0 Å². The van der Waals surface area contributed by atoms with Gasteiger partial charge in [0.05, 0.1) is 11.3 Å². The van der Waals surface area contributed by atoms with Crippen molar-refractivity contribution in [2.24, 2.45) is 0 Å². The molecule has 2 atom stereocenters. The maximum Gasteiger partial charge on any atom is 0.233 e. The molecular weight excluding hydrogens is 439 g/mol. The van der Waals surface area contributed by atoms with Gasteiger partial charge in [-0.1, -0.05) is 77.4 Å². The Balaban J connectivity index is 1.73. The first kappa shape index (κ1) is 22.4. The molecule has 5 nitrogen and oxygen atoms in total. The molecule has 0 radical (unpaired) electrons. The molecular formula is C22H22Cl2N4OS. The number of benzene rings is 2. The molecule has 156 valence electrons. The monoisotopic (exact) mass is 460 g/mol. The number of hydrogen-bond acceptors (Lipinski definition) is 4. The number of carbonyl (C=O) groups excluding carboxylic acids is 1. The van der Waals surface area contributed by atoms with E-state index in [9.17, 15) is 4.79 Å². The molecule has 0 spiro atoms. The number of aromatic nitrogens is 3. The predicted octanol–water partition coefficient (Wildman–Crippen LogP) is 5.80. The smallest absolute Gasteiger partial charge is 0.233 e. The summed E-state index contributed by atoms with van der Waals surface area (Å²) in [5.41, 5.74) is 1.77. The molecule has 0 aliphatic heterocycles. The van der Waals surface area contributed by atoms with E-state index in [1.165, 1.54) is 11.8 Å². The van der Waals surface area contributed by atoms with Crippen LogP contribution in [-0.2, 0) is 11.3 Å². The number of rotatable bonds is 8. The third-order valence-corrected chi connectivity index (χ3v) is 6.14. The summed E-state index contributed by atoms with van der Waals surface area (Å²) < 4.78 is 1.95. The van der Waals surface area contributed by atoms with Gasteiger partial charge in [-0.25, -0.2) is 0 Å². The number of hydrogen-bond donors (Lipinski definition) is 1. The van der Waals surface area contributed by atoms with E-state index in [-0.39, 0.29) is 17.2 Å². The van der Waals surface area contributed by atoms with Crippen LogP contribution in [0.2, 0.25) is 10.0 Å². The lowest BCUT2D eigenvalue weighted by Crippen LogP contribution is -2.33. The highest BCUT2D eigenvalue weighted by Crippen LogP contribution is 2.29. The number of allylic oxidation sites excluding steroid dienone is 1. The van der Waals surface area contributed by atoms with Crippen molar-refractivity contribution in [2.45, 2.75) is 36.8 Å². The van der Waals surface area contributed by atoms with Crippen molar-refractivity contribution < 1.29 is 4.79 Å². The summed E-state index contributed by atoms with van der Waals surface area (Å²) in [6.45, 7) is 8.10. The van der Waals surface area contributed by atoms with Gasteiger partial charge in [-0.05, 0) is 31.5 Å². The Bertz CT molecular complexity index is 1040. The van der Waals surface area contributed by atoms with E-state index in [0.717, 1.165) is 17.0 Å². The van der Waals surface area contributed by atoms with Crippen LogP contribution in [0.3, 0.4) is 0 Å². The molecule has 1 heterocycles. The second kappa shape index (κ2) is 10.2. The molecule has 1 amide bonds. The van der Waals surface area contributed by atoms with Crippen molar-refractivity contribution in [2.75, 3.05) is 0 Å². The quantitative estimate of drug-likeness (QED) is 0.341. The number of carbonyl (C=O) groups is 1. The lowest BCUT2D eigenvalue weighted by atomic mass is 10.1. The Morgan fingerprint density at radius 3 is 2.60 bits per heavy atom. The average Bonchev–Trinajstić information content (AvgIpc) is 3.11. The summed E-state index contributed by atoms with van der Waals surface area (Å²) in [6.07, 6.45) is 1.79. The van der Waals surface area contributed by atoms with E-state index in [1.807, 2.05) is 54.8 Å². The molecule has 3 rings (SSSR count). The van der Waals surface area contributed by atoms with Gasteiger partial charge in [0.2, 0.25) is 5.91 Å². The van der Waals surface area contributed by atoms with Crippen molar-refractivity contribution in [3.63, 3.8) is 0 Å². The number of amides is 1. The van der Waals surface area contributed by atoms with Crippen molar-refractivity contribution in [1.29, 1.82) is 0 Å². The maximum atomic E-state index is 12.8. The summed E-state index contributed by atoms with van der Waals surface area (Å²) in [5.74, 6) is 0.625. The molecule has 0 fully saturated rings. The molecule has 0 saturated heterocycles. The number of nitrogens with zero attached hydrogens (tertiary/aromatic N) is 3. The zero-order valence-corrected chi connectivity index (χ0v) is 19.0. The van der Waals surface area contributed by atoms with Crippen LogP contribution in [0, 0.1) is 0 Å². The van der Waals surface area contributed by atoms with Crippen molar-refractivity contribution in [3.05, 3.63) is 76.8 Å². The van der Waals surface area contributed by atoms with E-state index in [4.69, 9.17) is 23.2 Å². The van der Waals surface area contributed by atoms with Gasteiger partial charge >= 0.3 is 0 Å². The number of nitrogens with one attached hydrogen (secondary N) is 1. The van der Waals surface area contributed by atoms with E-state index in [1.54, 1.807) is 18.2 Å². The molecule has 0 bridgehead atoms. The van der Waals surface area contributed by atoms with Crippen molar-refractivity contribution in [1.82, 2.24) is 20.1 Å². The maximum absolute atomic E-state index is 12.8. The van der Waals surface area contributed by atoms with Gasteiger partial charge in [0.15, 0.2) is 11.0 Å². The largest absolute Gasteiger partial charge is 0.349 e. The first-order valence-electron chi connectivity index (χ1n) is 9.42. The van der Waals surface area contributed by atoms with Crippen LogP contribution < -0.4 is 5.32 Å². The van der Waals surface area contributed by atoms with Gasteiger partial charge in [-0.15, -0.1) is 16.8 Å². The van der Waals surface area contributed by atoms with Gasteiger partial charge in [0, 0.05) is 22.2 Å². The van der Waals surface area contributed by atoms with Crippen molar-refractivity contribution in [3.8, 4) is 11.4 Å². The van der Waals surface area contributed by atoms with Gasteiger partial charge in [0.1, 0.15) is 0 Å². The topological polar surface area (TPSA) is 59.8 Å². The van der Waals surface area contributed by atoms with Gasteiger partial charge in [-0.2, -0.15) is 0 Å². The third-order valence-electron chi connectivity index (χ3n) is 4.50. The summed E-state index contributed by atoms with van der Waals surface area (Å²) in [5, 5.41) is 13.0. The molecule has 8 heteroatoms. The van der Waals surface area contributed by atoms with Crippen LogP contribution in [0.25, 0.3) is 11.4 Å². The molecule has 3 aromatic rings. The molecule has 0 saturated carbocycles. The van der Waals surface area contributed by atoms with Crippen LogP contribution in [0.5, 0.6) is 0 Å². The van der Waals surface area contributed by atoms with E-state index < -0.39 is 0 Å². The Hall–Kier alpha value is -2.28. The zero-order valence-electron chi connectivity index (χ0n) is 16.7. The fourth-order valence-electron chi connectivity index (χ4n) is 2.94. The standard InChI is InChI=1S/C22H22Cl2N4OS/c1-4-12-28-20(16-8-6-5-7-9-16)26-27-22(28)30-15(3)21(29)25-14(2)18-11-10-17(23)13-19(18)24/h4-11,13-15H,1,12H2,2-3H3,(H,25,29)/t14-,15-/m1/s1. The minimum atomic E-state index is -0.380. The SMILES string of the molecule is C=CCn1c(S[C@H](C)C(=O)N[C@H](C)c2ccc(Cl)cc2Cl)nnc1-c1ccccc1. The third kappa shape index (κ3) is 5.25. The van der Waals surface area contributed by atoms with Crippen molar-refractivity contribution >= 4 is 40.9 Å². The Labute approximate surface area is 190 Å². The van der Waals surface area contributed by atoms with Gasteiger partial charge in [0.25, 0.3) is 0 Å². The molecule has 0 aliphatic carbocycles. The number of halogens is 2. The lowest BCUT2D eigenvalue weighted by molar-refractivity contribution is -0.120. The highest BCUT2D eigenvalue weighted by atomic mass is 35.5. The fraction of sp³-hybridized carbons (Fsp3) is 0.227. The fourth-order valence-corrected chi connectivity index (χ4v) is 4.38. The molecule has 0 unspecified atom stereocenters. The first-order chi connectivity index (χ1) is 14.4. The van der Waals surface area contributed by atoms with Gasteiger partial charge < -0.3 is 5.32 Å². The highest BCUT2D eigenvalue weighted by Gasteiger charge is 2.22. The normalized spacial score (nSPS) is 12.9. The van der Waals surface area contributed by atoms with Crippen LogP contribution in [-0.4, -0.2) is 25.9 Å². The molecule has 2 aromatic carbocycles. The van der Waals surface area contributed by atoms with Crippen LogP contribution in [0.15, 0.2) is 66.3 Å². The summed E-state index contributed by atoms with van der Waals surface area (Å²) >= 11 is 13.6. The molecule has 30 heavy (non-hydrogen) atoms. The Kier molecular flexibility index (Phi) is 7.58. The van der Waals surface area contributed by atoms with E-state index in [0.29, 0.717) is 21.7 Å². The van der Waals surface area contributed by atoms with Crippen LogP contribution in [0.1, 0.15) is 25.5 Å². The summed E-state index contributed by atoms with van der Waals surface area (Å²) in [7, 11) is 0. The summed E-state index contributed by atoms with van der Waals surface area (Å²) in [4.78, 5) is 12.8. The highest BCUT2D eigenvalue weighted by molar-refractivity contribution is 8.00. The first-order valence-corrected chi connectivity index (χ1v) is 11.1. The zero-order chi connectivity index (χ0) is 21.7. The van der Waals surface area contributed by atoms with Gasteiger partial charge in [-0.3, -0.25) is 9.36 Å². The van der Waals surface area contributed by atoms with E-state index in [2.05, 4.69) is 22.1 Å². The summed E-state index contributed by atoms with van der Waals surface area (Å²) in [6, 6.07) is 14.8. The minimum absolute atomic E-state index is 0.118. The second-order valence-corrected chi connectivity index (χ2v) is 8.88. The lowest BCUT2D eigenvalue weighted by Gasteiger charge is -2.19. The predicted molar refractivity (Wildman–Crippen MR) is 124 cm³/mol. The second-order valence-electron chi connectivity index (χ2n) is 6.73. The Morgan fingerprint density at radius 2 is 1.93 bits per heavy atom. The van der Waals surface area contributed by atoms with E-state index >= 15 is 0 Å².